The maximum atomic E-state index is 13.2. The Kier molecular flexibility index (Phi) is 4.82. The molecule has 1 aromatic carbocycles. The van der Waals surface area contributed by atoms with E-state index in [1.54, 1.807) is 0 Å². The van der Waals surface area contributed by atoms with E-state index in [0.29, 0.717) is 12.5 Å². The molecule has 1 aliphatic carbocycles. The van der Waals surface area contributed by atoms with E-state index in [-0.39, 0.29) is 15.1 Å². The lowest BCUT2D eigenvalue weighted by Crippen LogP contribution is -2.30. The first-order chi connectivity index (χ1) is 9.40. The van der Waals surface area contributed by atoms with Crippen molar-refractivity contribution in [3.05, 3.63) is 34.6 Å². The highest BCUT2D eigenvalue weighted by Gasteiger charge is 2.21. The normalized spacial score (nSPS) is 19.2. The minimum atomic E-state index is -3.70. The molecule has 0 spiro atoms. The molecule has 3 N–H and O–H groups in total. The van der Waals surface area contributed by atoms with E-state index in [1.807, 2.05) is 0 Å². The second kappa shape index (κ2) is 6.24. The van der Waals surface area contributed by atoms with Crippen molar-refractivity contribution in [3.63, 3.8) is 0 Å². The largest absolute Gasteiger partial charge is 0.396 e. The van der Waals surface area contributed by atoms with Crippen LogP contribution in [0.15, 0.2) is 33.7 Å². The average Bonchev–Trinajstić information content (AvgIpc) is 2.42. The van der Waals surface area contributed by atoms with E-state index in [2.05, 4.69) is 32.8 Å². The number of anilines is 1. The molecule has 0 heterocycles. The molecule has 0 saturated heterocycles. The van der Waals surface area contributed by atoms with Crippen molar-refractivity contribution in [2.75, 3.05) is 12.3 Å². The third-order valence-corrected chi connectivity index (χ3v) is 5.66. The molecule has 2 rings (SSSR count). The molecule has 1 unspecified atom stereocenters. The number of nitrogens with one attached hydrogen (secondary N) is 1. The van der Waals surface area contributed by atoms with Gasteiger partial charge in [0.15, 0.2) is 0 Å². The Morgan fingerprint density at radius 1 is 1.40 bits per heavy atom. The molecule has 0 bridgehead atoms. The van der Waals surface area contributed by atoms with Gasteiger partial charge in [0.1, 0.15) is 5.82 Å². The maximum absolute atomic E-state index is 13.2. The van der Waals surface area contributed by atoms with E-state index in [9.17, 15) is 12.8 Å². The molecule has 0 saturated carbocycles. The molecule has 1 atom stereocenters. The van der Waals surface area contributed by atoms with Gasteiger partial charge in [-0.1, -0.05) is 12.2 Å². The fourth-order valence-electron chi connectivity index (χ4n) is 2.10. The Balaban J connectivity index is 2.14. The van der Waals surface area contributed by atoms with Crippen LogP contribution < -0.4 is 10.5 Å². The van der Waals surface area contributed by atoms with Crippen molar-refractivity contribution >= 4 is 31.6 Å². The van der Waals surface area contributed by atoms with Crippen molar-refractivity contribution in [2.45, 2.75) is 24.2 Å². The van der Waals surface area contributed by atoms with E-state index in [0.717, 1.165) is 31.4 Å². The molecule has 0 aromatic heterocycles. The van der Waals surface area contributed by atoms with Gasteiger partial charge in [0.2, 0.25) is 10.0 Å². The quantitative estimate of drug-likeness (QED) is 0.638. The Morgan fingerprint density at radius 2 is 2.15 bits per heavy atom. The number of allylic oxidation sites excluding steroid dienone is 2. The van der Waals surface area contributed by atoms with Gasteiger partial charge < -0.3 is 5.73 Å². The van der Waals surface area contributed by atoms with Crippen molar-refractivity contribution in [2.24, 2.45) is 5.92 Å². The minimum Gasteiger partial charge on any atom is -0.396 e. The number of hydrogen-bond acceptors (Lipinski definition) is 3. The predicted molar refractivity (Wildman–Crippen MR) is 80.2 cm³/mol. The van der Waals surface area contributed by atoms with Crippen LogP contribution in [0.25, 0.3) is 0 Å². The number of rotatable bonds is 4. The number of nitrogen functional groups attached to an aromatic ring is 1. The fraction of sp³-hybridized carbons (Fsp3) is 0.385. The summed E-state index contributed by atoms with van der Waals surface area (Å²) in [5.74, 6) is -0.348. The van der Waals surface area contributed by atoms with Crippen LogP contribution in [0.1, 0.15) is 19.3 Å². The zero-order chi connectivity index (χ0) is 14.8. The van der Waals surface area contributed by atoms with Gasteiger partial charge in [-0.15, -0.1) is 0 Å². The lowest BCUT2D eigenvalue weighted by molar-refractivity contribution is 0.468. The van der Waals surface area contributed by atoms with Crippen LogP contribution >= 0.6 is 15.9 Å². The lowest BCUT2D eigenvalue weighted by atomic mass is 9.95. The van der Waals surface area contributed by atoms with E-state index in [1.165, 1.54) is 0 Å². The van der Waals surface area contributed by atoms with Gasteiger partial charge in [-0.25, -0.2) is 17.5 Å². The molecule has 1 aliphatic rings. The summed E-state index contributed by atoms with van der Waals surface area (Å²) in [5, 5.41) is 0. The summed E-state index contributed by atoms with van der Waals surface area (Å²) in [7, 11) is -3.70. The lowest BCUT2D eigenvalue weighted by Gasteiger charge is -2.18. The van der Waals surface area contributed by atoms with Crippen LogP contribution in [0.4, 0.5) is 10.1 Å². The van der Waals surface area contributed by atoms with Crippen LogP contribution in [-0.4, -0.2) is 15.0 Å². The number of nitrogens with two attached hydrogens (primary N) is 1. The van der Waals surface area contributed by atoms with E-state index in [4.69, 9.17) is 5.73 Å². The van der Waals surface area contributed by atoms with Gasteiger partial charge in [-0.2, -0.15) is 0 Å². The zero-order valence-electron chi connectivity index (χ0n) is 10.8. The first kappa shape index (κ1) is 15.5. The highest BCUT2D eigenvalue weighted by molar-refractivity contribution is 9.10. The minimum absolute atomic E-state index is 0.0391. The van der Waals surface area contributed by atoms with Crippen LogP contribution in [0.3, 0.4) is 0 Å². The van der Waals surface area contributed by atoms with Crippen molar-refractivity contribution < 1.29 is 12.8 Å². The van der Waals surface area contributed by atoms with Crippen LogP contribution in [0, 0.1) is 11.7 Å². The monoisotopic (exact) mass is 362 g/mol. The van der Waals surface area contributed by atoms with Crippen molar-refractivity contribution in [1.82, 2.24) is 4.72 Å². The topological polar surface area (TPSA) is 72.2 Å². The summed E-state index contributed by atoms with van der Waals surface area (Å²) in [6.07, 6.45) is 6.97. The number of halogens is 2. The number of benzene rings is 1. The summed E-state index contributed by atoms with van der Waals surface area (Å²) in [5.41, 5.74) is 5.24. The second-order valence-electron chi connectivity index (χ2n) is 4.81. The average molecular weight is 363 g/mol. The Hall–Kier alpha value is -0.920. The molecule has 1 aromatic rings. The van der Waals surface area contributed by atoms with Gasteiger partial charge >= 0.3 is 0 Å². The third kappa shape index (κ3) is 3.59. The molecule has 0 amide bonds. The first-order valence-corrected chi connectivity index (χ1v) is 8.57. The molecule has 110 valence electrons. The van der Waals surface area contributed by atoms with Crippen molar-refractivity contribution in [3.8, 4) is 0 Å². The molecule has 20 heavy (non-hydrogen) atoms. The molecule has 0 aliphatic heterocycles. The summed E-state index contributed by atoms with van der Waals surface area (Å²) >= 11 is 3.06. The van der Waals surface area contributed by atoms with Gasteiger partial charge in [-0.3, -0.25) is 0 Å². The van der Waals surface area contributed by atoms with Crippen LogP contribution in [-0.2, 0) is 10.0 Å². The van der Waals surface area contributed by atoms with Gasteiger partial charge in [0.25, 0.3) is 0 Å². The summed E-state index contributed by atoms with van der Waals surface area (Å²) < 4.78 is 40.4. The Morgan fingerprint density at radius 3 is 2.80 bits per heavy atom. The van der Waals surface area contributed by atoms with Gasteiger partial charge in [0, 0.05) is 11.0 Å². The third-order valence-electron chi connectivity index (χ3n) is 3.28. The standard InChI is InChI=1S/C13H16BrFN2O2S/c14-10-6-11(15)12(16)7-13(10)20(18,19)17-8-9-4-2-1-3-5-9/h1-2,6-7,9,17H,3-5,8,16H2. The molecular formula is C13H16BrFN2O2S. The summed E-state index contributed by atoms with van der Waals surface area (Å²) in [6, 6.07) is 2.19. The fourth-order valence-corrected chi connectivity index (χ4v) is 4.26. The van der Waals surface area contributed by atoms with E-state index >= 15 is 0 Å². The zero-order valence-corrected chi connectivity index (χ0v) is 13.2. The summed E-state index contributed by atoms with van der Waals surface area (Å²) in [6.45, 7) is 0.371. The SMILES string of the molecule is Nc1cc(S(=O)(=O)NCC2CC=CCC2)c(Br)cc1F. The molecule has 0 radical (unpaired) electrons. The molecule has 4 nitrogen and oxygen atoms in total. The number of hydrogen-bond donors (Lipinski definition) is 2. The van der Waals surface area contributed by atoms with Crippen molar-refractivity contribution in [1.29, 1.82) is 0 Å². The second-order valence-corrected chi connectivity index (χ2v) is 7.40. The highest BCUT2D eigenvalue weighted by Crippen LogP contribution is 2.27. The smallest absolute Gasteiger partial charge is 0.241 e. The van der Waals surface area contributed by atoms with Gasteiger partial charge in [-0.05, 0) is 53.2 Å². The molecular weight excluding hydrogens is 347 g/mol. The Labute approximate surface area is 126 Å². The predicted octanol–water partition coefficient (Wildman–Crippen LogP) is 2.81. The highest BCUT2D eigenvalue weighted by atomic mass is 79.9. The van der Waals surface area contributed by atoms with Crippen LogP contribution in [0.2, 0.25) is 0 Å². The number of sulfonamides is 1. The van der Waals surface area contributed by atoms with Gasteiger partial charge in [0.05, 0.1) is 10.6 Å². The van der Waals surface area contributed by atoms with Crippen LogP contribution in [0.5, 0.6) is 0 Å². The Bertz CT molecular complexity index is 632. The molecule has 0 fully saturated rings. The summed E-state index contributed by atoms with van der Waals surface area (Å²) in [4.78, 5) is -0.0391. The van der Waals surface area contributed by atoms with E-state index < -0.39 is 15.8 Å². The first-order valence-electron chi connectivity index (χ1n) is 6.29. The molecule has 7 heteroatoms. The maximum Gasteiger partial charge on any atom is 0.241 e.